The first-order valence-corrected chi connectivity index (χ1v) is 9.55. The van der Waals surface area contributed by atoms with Crippen LogP contribution >= 0.6 is 0 Å². The molecule has 0 radical (unpaired) electrons. The van der Waals surface area contributed by atoms with Gasteiger partial charge in [0.05, 0.1) is 34.0 Å². The summed E-state index contributed by atoms with van der Waals surface area (Å²) in [6.07, 6.45) is 0. The highest BCUT2D eigenvalue weighted by atomic mass is 16.5. The van der Waals surface area contributed by atoms with E-state index in [9.17, 15) is 9.59 Å². The standard InChI is InChI=1S/C22H26N2O6/c1-27-16-7-5-6-15(14-16)21(25)23-10-12-24(13-11-23)22(26)17-8-9-18(28-2)20(30-4)19(17)29-3/h5-9,14H,10-13H2,1-4H3. The summed E-state index contributed by atoms with van der Waals surface area (Å²) in [4.78, 5) is 29.3. The molecule has 1 aliphatic rings. The second kappa shape index (κ2) is 9.39. The first kappa shape index (κ1) is 21.3. The van der Waals surface area contributed by atoms with Crippen molar-refractivity contribution in [1.82, 2.24) is 9.80 Å². The van der Waals surface area contributed by atoms with Gasteiger partial charge in [0, 0.05) is 31.7 Å². The molecular weight excluding hydrogens is 388 g/mol. The van der Waals surface area contributed by atoms with Crippen molar-refractivity contribution in [1.29, 1.82) is 0 Å². The number of piperazine rings is 1. The van der Waals surface area contributed by atoms with Crippen LogP contribution in [-0.4, -0.2) is 76.2 Å². The maximum Gasteiger partial charge on any atom is 0.257 e. The molecule has 2 aromatic carbocycles. The fraction of sp³-hybridized carbons (Fsp3) is 0.364. The first-order valence-electron chi connectivity index (χ1n) is 9.55. The van der Waals surface area contributed by atoms with Gasteiger partial charge in [-0.2, -0.15) is 0 Å². The number of amides is 2. The summed E-state index contributed by atoms with van der Waals surface area (Å²) in [7, 11) is 6.07. The summed E-state index contributed by atoms with van der Waals surface area (Å²) >= 11 is 0. The number of rotatable bonds is 6. The lowest BCUT2D eigenvalue weighted by atomic mass is 10.1. The molecule has 0 N–H and O–H groups in total. The monoisotopic (exact) mass is 414 g/mol. The van der Waals surface area contributed by atoms with Crippen molar-refractivity contribution >= 4 is 11.8 Å². The molecule has 0 saturated carbocycles. The largest absolute Gasteiger partial charge is 0.497 e. The average Bonchev–Trinajstić information content (AvgIpc) is 2.82. The van der Waals surface area contributed by atoms with E-state index in [4.69, 9.17) is 18.9 Å². The molecule has 1 aliphatic heterocycles. The van der Waals surface area contributed by atoms with Crippen molar-refractivity contribution in [3.05, 3.63) is 47.5 Å². The molecule has 8 heteroatoms. The molecule has 2 amide bonds. The van der Waals surface area contributed by atoms with Gasteiger partial charge in [-0.3, -0.25) is 9.59 Å². The molecule has 0 aromatic heterocycles. The normalized spacial score (nSPS) is 13.6. The molecule has 8 nitrogen and oxygen atoms in total. The van der Waals surface area contributed by atoms with E-state index < -0.39 is 0 Å². The number of nitrogens with zero attached hydrogens (tertiary/aromatic N) is 2. The molecule has 0 atom stereocenters. The van der Waals surface area contributed by atoms with E-state index in [2.05, 4.69) is 0 Å². The van der Waals surface area contributed by atoms with E-state index in [1.54, 1.807) is 53.3 Å². The third kappa shape index (κ3) is 4.12. The number of hydrogen-bond acceptors (Lipinski definition) is 6. The molecule has 1 fully saturated rings. The SMILES string of the molecule is COc1cccc(C(=O)N2CCN(C(=O)c3ccc(OC)c(OC)c3OC)CC2)c1. The molecule has 0 unspecified atom stereocenters. The Hall–Kier alpha value is -3.42. The summed E-state index contributed by atoms with van der Waals surface area (Å²) in [6.45, 7) is 1.73. The summed E-state index contributed by atoms with van der Waals surface area (Å²) in [5.74, 6) is 1.57. The van der Waals surface area contributed by atoms with E-state index in [0.717, 1.165) is 0 Å². The number of methoxy groups -OCH3 is 4. The Morgan fingerprint density at radius 1 is 0.733 bits per heavy atom. The van der Waals surface area contributed by atoms with Gasteiger partial charge in [-0.15, -0.1) is 0 Å². The fourth-order valence-electron chi connectivity index (χ4n) is 3.49. The van der Waals surface area contributed by atoms with Crippen LogP contribution in [0.5, 0.6) is 23.0 Å². The third-order valence-corrected chi connectivity index (χ3v) is 5.11. The van der Waals surface area contributed by atoms with E-state index in [1.165, 1.54) is 21.3 Å². The Balaban J connectivity index is 1.72. The van der Waals surface area contributed by atoms with E-state index in [0.29, 0.717) is 60.3 Å². The minimum absolute atomic E-state index is 0.0790. The molecule has 3 rings (SSSR count). The van der Waals surface area contributed by atoms with Gasteiger partial charge in [-0.1, -0.05) is 6.07 Å². The van der Waals surface area contributed by atoms with Crippen LogP contribution in [0.4, 0.5) is 0 Å². The highest BCUT2D eigenvalue weighted by molar-refractivity contribution is 5.99. The fourth-order valence-corrected chi connectivity index (χ4v) is 3.49. The molecule has 0 bridgehead atoms. The van der Waals surface area contributed by atoms with Crippen LogP contribution in [0.3, 0.4) is 0 Å². The lowest BCUT2D eigenvalue weighted by Crippen LogP contribution is -2.50. The number of benzene rings is 2. The molecule has 1 heterocycles. The highest BCUT2D eigenvalue weighted by Gasteiger charge is 2.29. The summed E-state index contributed by atoms with van der Waals surface area (Å²) < 4.78 is 21.3. The molecule has 0 spiro atoms. The van der Waals surface area contributed by atoms with Gasteiger partial charge in [0.15, 0.2) is 11.5 Å². The Morgan fingerprint density at radius 3 is 1.93 bits per heavy atom. The van der Waals surface area contributed by atoms with Gasteiger partial charge in [0.2, 0.25) is 5.75 Å². The van der Waals surface area contributed by atoms with Crippen molar-refractivity contribution in [2.75, 3.05) is 54.6 Å². The second-order valence-corrected chi connectivity index (χ2v) is 6.70. The van der Waals surface area contributed by atoms with Gasteiger partial charge in [-0.25, -0.2) is 0 Å². The predicted octanol–water partition coefficient (Wildman–Crippen LogP) is 2.32. The van der Waals surface area contributed by atoms with Crippen molar-refractivity contribution in [2.24, 2.45) is 0 Å². The smallest absolute Gasteiger partial charge is 0.257 e. The molecule has 160 valence electrons. The zero-order valence-electron chi connectivity index (χ0n) is 17.6. The zero-order chi connectivity index (χ0) is 21.7. The van der Waals surface area contributed by atoms with Gasteiger partial charge >= 0.3 is 0 Å². The van der Waals surface area contributed by atoms with E-state index >= 15 is 0 Å². The van der Waals surface area contributed by atoms with Gasteiger partial charge in [0.1, 0.15) is 5.75 Å². The predicted molar refractivity (Wildman–Crippen MR) is 111 cm³/mol. The van der Waals surface area contributed by atoms with Gasteiger partial charge in [-0.05, 0) is 30.3 Å². The molecule has 0 aliphatic carbocycles. The Bertz CT molecular complexity index is 922. The number of hydrogen-bond donors (Lipinski definition) is 0. The third-order valence-electron chi connectivity index (χ3n) is 5.11. The summed E-state index contributed by atoms with van der Waals surface area (Å²) in [6, 6.07) is 10.4. The number of carbonyl (C=O) groups is 2. The summed E-state index contributed by atoms with van der Waals surface area (Å²) in [5, 5.41) is 0. The number of carbonyl (C=O) groups excluding carboxylic acids is 2. The van der Waals surface area contributed by atoms with Crippen LogP contribution in [0, 0.1) is 0 Å². The van der Waals surface area contributed by atoms with Gasteiger partial charge < -0.3 is 28.7 Å². The Labute approximate surface area is 175 Å². The van der Waals surface area contributed by atoms with E-state index in [1.807, 2.05) is 0 Å². The second-order valence-electron chi connectivity index (χ2n) is 6.70. The van der Waals surface area contributed by atoms with Crippen molar-refractivity contribution in [3.63, 3.8) is 0 Å². The van der Waals surface area contributed by atoms with Crippen molar-refractivity contribution in [3.8, 4) is 23.0 Å². The zero-order valence-corrected chi connectivity index (χ0v) is 17.6. The van der Waals surface area contributed by atoms with Crippen LogP contribution in [0.25, 0.3) is 0 Å². The average molecular weight is 414 g/mol. The summed E-state index contributed by atoms with van der Waals surface area (Å²) in [5.41, 5.74) is 0.957. The lowest BCUT2D eigenvalue weighted by Gasteiger charge is -2.35. The highest BCUT2D eigenvalue weighted by Crippen LogP contribution is 2.40. The maximum atomic E-state index is 13.1. The topological polar surface area (TPSA) is 77.5 Å². The first-order chi connectivity index (χ1) is 14.5. The van der Waals surface area contributed by atoms with Gasteiger partial charge in [0.25, 0.3) is 11.8 Å². The van der Waals surface area contributed by atoms with E-state index in [-0.39, 0.29) is 11.8 Å². The minimum atomic E-state index is -0.179. The van der Waals surface area contributed by atoms with Crippen LogP contribution in [0.2, 0.25) is 0 Å². The molecule has 2 aromatic rings. The van der Waals surface area contributed by atoms with Crippen LogP contribution in [0.15, 0.2) is 36.4 Å². The molecular formula is C22H26N2O6. The quantitative estimate of drug-likeness (QED) is 0.722. The van der Waals surface area contributed by atoms with Crippen LogP contribution in [0.1, 0.15) is 20.7 Å². The minimum Gasteiger partial charge on any atom is -0.497 e. The van der Waals surface area contributed by atoms with Crippen molar-refractivity contribution in [2.45, 2.75) is 0 Å². The Morgan fingerprint density at radius 2 is 1.37 bits per heavy atom. The molecule has 1 saturated heterocycles. The number of ether oxygens (including phenoxy) is 4. The molecule has 30 heavy (non-hydrogen) atoms. The lowest BCUT2D eigenvalue weighted by molar-refractivity contribution is 0.0533. The van der Waals surface area contributed by atoms with Crippen LogP contribution in [-0.2, 0) is 0 Å². The Kier molecular flexibility index (Phi) is 6.66. The van der Waals surface area contributed by atoms with Crippen molar-refractivity contribution < 1.29 is 28.5 Å². The van der Waals surface area contributed by atoms with Crippen LogP contribution < -0.4 is 18.9 Å². The maximum absolute atomic E-state index is 13.1.